The van der Waals surface area contributed by atoms with Crippen molar-refractivity contribution in [3.05, 3.63) is 68.3 Å². The number of methoxy groups -OCH3 is 3. The van der Waals surface area contributed by atoms with Crippen molar-refractivity contribution < 1.29 is 27.8 Å². The number of amides is 1. The van der Waals surface area contributed by atoms with Crippen LogP contribution in [0.2, 0.25) is 0 Å². The predicted molar refractivity (Wildman–Crippen MR) is 136 cm³/mol. The number of benzene rings is 2. The molecule has 4 aromatic rings. The third-order valence-electron chi connectivity index (χ3n) is 6.08. The van der Waals surface area contributed by atoms with E-state index in [0.29, 0.717) is 40.3 Å². The maximum Gasteiger partial charge on any atom is 0.297 e. The van der Waals surface area contributed by atoms with Crippen LogP contribution in [0, 0.1) is 11.7 Å². The molecule has 0 spiro atoms. The Hall–Kier alpha value is -3.99. The van der Waals surface area contributed by atoms with Crippen molar-refractivity contribution >= 4 is 33.3 Å². The van der Waals surface area contributed by atoms with E-state index in [1.54, 1.807) is 12.1 Å². The van der Waals surface area contributed by atoms with Crippen LogP contribution in [0.15, 0.2) is 39.5 Å². The van der Waals surface area contributed by atoms with Gasteiger partial charge in [-0.2, -0.15) is 0 Å². The maximum absolute atomic E-state index is 14.1. The number of halogens is 1. The van der Waals surface area contributed by atoms with E-state index >= 15 is 0 Å². The molecule has 9 nitrogen and oxygen atoms in total. The lowest BCUT2D eigenvalue weighted by Crippen LogP contribution is -2.29. The molecule has 1 amide bonds. The van der Waals surface area contributed by atoms with Crippen LogP contribution in [0.3, 0.4) is 0 Å². The number of carbonyl (C=O) groups excluding carboxylic acids is 1. The third-order valence-corrected chi connectivity index (χ3v) is 7.02. The first-order valence-corrected chi connectivity index (χ1v) is 12.3. The van der Waals surface area contributed by atoms with Crippen molar-refractivity contribution in [2.45, 2.75) is 26.3 Å². The number of hydrogen-bond acceptors (Lipinski definition) is 9. The molecule has 1 unspecified atom stereocenters. The maximum atomic E-state index is 14.1. The Morgan fingerprint density at radius 2 is 1.76 bits per heavy atom. The lowest BCUT2D eigenvalue weighted by molar-refractivity contribution is 0.0970. The van der Waals surface area contributed by atoms with Gasteiger partial charge in [0, 0.05) is 6.42 Å². The van der Waals surface area contributed by atoms with Gasteiger partial charge in [-0.3, -0.25) is 14.5 Å². The first-order chi connectivity index (χ1) is 17.8. The second-order valence-corrected chi connectivity index (χ2v) is 9.97. The summed E-state index contributed by atoms with van der Waals surface area (Å²) in [7, 11) is 4.42. The summed E-state index contributed by atoms with van der Waals surface area (Å²) in [5, 5.41) is 9.62. The third kappa shape index (κ3) is 4.08. The van der Waals surface area contributed by atoms with Crippen molar-refractivity contribution in [3.63, 3.8) is 0 Å². The molecule has 0 radical (unpaired) electrons. The van der Waals surface area contributed by atoms with Crippen LogP contribution in [0.5, 0.6) is 17.2 Å². The second-order valence-electron chi connectivity index (χ2n) is 8.93. The van der Waals surface area contributed by atoms with Gasteiger partial charge in [0.05, 0.1) is 38.3 Å². The fraction of sp³-hybridized carbons (Fsp3) is 0.308. The van der Waals surface area contributed by atoms with Gasteiger partial charge in [-0.25, -0.2) is 4.39 Å². The summed E-state index contributed by atoms with van der Waals surface area (Å²) in [6.07, 6.45) is 0.682. The molecule has 0 bridgehead atoms. The van der Waals surface area contributed by atoms with Crippen LogP contribution in [0.4, 0.5) is 9.52 Å². The monoisotopic (exact) mass is 525 g/mol. The zero-order chi connectivity index (χ0) is 26.4. The van der Waals surface area contributed by atoms with Gasteiger partial charge in [-0.05, 0) is 41.8 Å². The molecular formula is C26H24FN3O6S. The number of nitrogens with zero attached hydrogens (tertiary/aromatic N) is 3. The van der Waals surface area contributed by atoms with Crippen LogP contribution in [-0.2, 0) is 6.42 Å². The molecule has 11 heteroatoms. The molecule has 1 aliphatic heterocycles. The number of aromatic nitrogens is 2. The standard InChI is InChI=1S/C26H24FN3O6S/c1-12(2)8-19-28-29-26(37-19)30-21(13-9-17(33-3)23(35-5)18(10-13)34-4)20-22(31)15-11-14(27)6-7-16(15)36-24(20)25(30)32/h6-7,9-12,21H,8H2,1-5H3. The minimum atomic E-state index is -0.958. The van der Waals surface area contributed by atoms with E-state index in [0.717, 1.165) is 11.1 Å². The number of anilines is 1. The number of rotatable bonds is 7. The van der Waals surface area contributed by atoms with Crippen molar-refractivity contribution in [2.75, 3.05) is 26.2 Å². The normalized spacial score (nSPS) is 14.9. The van der Waals surface area contributed by atoms with Gasteiger partial charge >= 0.3 is 0 Å². The van der Waals surface area contributed by atoms with Crippen LogP contribution >= 0.6 is 11.3 Å². The highest BCUT2D eigenvalue weighted by molar-refractivity contribution is 7.15. The quantitative estimate of drug-likeness (QED) is 0.340. The fourth-order valence-corrected chi connectivity index (χ4v) is 5.57. The Kier molecular flexibility index (Phi) is 6.32. The van der Waals surface area contributed by atoms with Gasteiger partial charge < -0.3 is 18.6 Å². The van der Waals surface area contributed by atoms with E-state index in [9.17, 15) is 14.0 Å². The molecule has 0 saturated heterocycles. The van der Waals surface area contributed by atoms with Crippen LogP contribution in [0.25, 0.3) is 11.0 Å². The zero-order valence-electron chi connectivity index (χ0n) is 20.8. The second kappa shape index (κ2) is 9.47. The molecule has 0 aliphatic carbocycles. The lowest BCUT2D eigenvalue weighted by atomic mass is 9.98. The molecule has 2 aromatic heterocycles. The van der Waals surface area contributed by atoms with Gasteiger partial charge in [-0.15, -0.1) is 10.2 Å². The minimum Gasteiger partial charge on any atom is -0.493 e. The van der Waals surface area contributed by atoms with Crippen molar-refractivity contribution in [2.24, 2.45) is 5.92 Å². The Morgan fingerprint density at radius 1 is 1.05 bits per heavy atom. The van der Waals surface area contributed by atoms with Gasteiger partial charge in [0.2, 0.25) is 16.6 Å². The van der Waals surface area contributed by atoms with Crippen molar-refractivity contribution in [1.82, 2.24) is 10.2 Å². The number of fused-ring (bicyclic) bond motifs is 2. The molecule has 1 atom stereocenters. The average molecular weight is 526 g/mol. The molecule has 37 heavy (non-hydrogen) atoms. The summed E-state index contributed by atoms with van der Waals surface area (Å²) in [5.41, 5.74) is 0.155. The Labute approximate surface area is 215 Å². The van der Waals surface area contributed by atoms with E-state index in [2.05, 4.69) is 24.0 Å². The lowest BCUT2D eigenvalue weighted by Gasteiger charge is -2.24. The van der Waals surface area contributed by atoms with Gasteiger partial charge in [0.25, 0.3) is 5.91 Å². The first-order valence-electron chi connectivity index (χ1n) is 11.5. The van der Waals surface area contributed by atoms with E-state index in [4.69, 9.17) is 18.6 Å². The van der Waals surface area contributed by atoms with E-state index in [-0.39, 0.29) is 22.3 Å². The number of ether oxygens (including phenoxy) is 3. The van der Waals surface area contributed by atoms with Gasteiger partial charge in [0.15, 0.2) is 16.9 Å². The van der Waals surface area contributed by atoms with Crippen LogP contribution in [-0.4, -0.2) is 37.4 Å². The highest BCUT2D eigenvalue weighted by atomic mass is 32.1. The molecule has 0 saturated carbocycles. The Bertz CT molecular complexity index is 1560. The summed E-state index contributed by atoms with van der Waals surface area (Å²) < 4.78 is 36.4. The highest BCUT2D eigenvalue weighted by Gasteiger charge is 2.45. The van der Waals surface area contributed by atoms with Gasteiger partial charge in [-0.1, -0.05) is 25.2 Å². The molecule has 192 valence electrons. The number of hydrogen-bond donors (Lipinski definition) is 0. The zero-order valence-corrected chi connectivity index (χ0v) is 21.6. The molecule has 0 fully saturated rings. The summed E-state index contributed by atoms with van der Waals surface area (Å²) in [4.78, 5) is 28.9. The van der Waals surface area contributed by atoms with Gasteiger partial charge in [0.1, 0.15) is 16.4 Å². The van der Waals surface area contributed by atoms with E-state index in [1.807, 2.05) is 0 Å². The largest absolute Gasteiger partial charge is 0.493 e. The molecule has 3 heterocycles. The topological polar surface area (TPSA) is 104 Å². The van der Waals surface area contributed by atoms with Crippen molar-refractivity contribution in [3.8, 4) is 17.2 Å². The highest BCUT2D eigenvalue weighted by Crippen LogP contribution is 2.47. The first kappa shape index (κ1) is 24.7. The summed E-state index contributed by atoms with van der Waals surface area (Å²) >= 11 is 1.26. The van der Waals surface area contributed by atoms with Crippen molar-refractivity contribution in [1.29, 1.82) is 0 Å². The minimum absolute atomic E-state index is 0.0311. The van der Waals surface area contributed by atoms with Crippen LogP contribution < -0.4 is 24.5 Å². The summed E-state index contributed by atoms with van der Waals surface area (Å²) in [6, 6.07) is 5.97. The summed E-state index contributed by atoms with van der Waals surface area (Å²) in [6.45, 7) is 4.12. The Balaban J connectivity index is 1.79. The smallest absolute Gasteiger partial charge is 0.297 e. The average Bonchev–Trinajstić information content (AvgIpc) is 3.45. The molecule has 5 rings (SSSR count). The summed E-state index contributed by atoms with van der Waals surface area (Å²) in [5.74, 6) is 0.0908. The Morgan fingerprint density at radius 3 is 2.38 bits per heavy atom. The van der Waals surface area contributed by atoms with E-state index < -0.39 is 23.2 Å². The molecule has 1 aliphatic rings. The fourth-order valence-electron chi connectivity index (χ4n) is 4.49. The molecule has 0 N–H and O–H groups in total. The van der Waals surface area contributed by atoms with Crippen LogP contribution in [0.1, 0.15) is 46.6 Å². The molecular weight excluding hydrogens is 501 g/mol. The SMILES string of the molecule is COc1cc(C2c3c(oc4ccc(F)cc4c3=O)C(=O)N2c2nnc(CC(C)C)s2)cc(OC)c1OC. The molecule has 2 aromatic carbocycles. The van der Waals surface area contributed by atoms with E-state index in [1.165, 1.54) is 49.7 Å². The predicted octanol–water partition coefficient (Wildman–Crippen LogP) is 4.76. The number of carbonyl (C=O) groups is 1.